The molecule has 0 bridgehead atoms. The van der Waals surface area contributed by atoms with Crippen LogP contribution in [0, 0.1) is 5.92 Å². The molecule has 1 aliphatic rings. The minimum atomic E-state index is -0.100. The van der Waals surface area contributed by atoms with Crippen molar-refractivity contribution in [2.24, 2.45) is 10.9 Å². The maximum atomic E-state index is 12.3. The Balaban J connectivity index is 1.85. The first-order valence-electron chi connectivity index (χ1n) is 10.1. The Morgan fingerprint density at radius 3 is 2.78 bits per heavy atom. The van der Waals surface area contributed by atoms with E-state index in [2.05, 4.69) is 33.5 Å². The number of hydrogen-bond donors (Lipinski definition) is 2. The Morgan fingerprint density at radius 1 is 1.30 bits per heavy atom. The second kappa shape index (κ2) is 11.6. The summed E-state index contributed by atoms with van der Waals surface area (Å²) < 4.78 is 5.43. The smallest absolute Gasteiger partial charge is 0.246 e. The van der Waals surface area contributed by atoms with Gasteiger partial charge in [0.05, 0.1) is 0 Å². The first-order valence-corrected chi connectivity index (χ1v) is 10.1. The topological polar surface area (TPSA) is 66.0 Å². The Morgan fingerprint density at radius 2 is 2.07 bits per heavy atom. The van der Waals surface area contributed by atoms with E-state index in [0.717, 1.165) is 69.6 Å². The van der Waals surface area contributed by atoms with Crippen molar-refractivity contribution < 1.29 is 9.53 Å². The standard InChI is InChI=1S/C21H34N4O2/c1-4-17-7-6-8-19(15-17)24-20(26)16-23-21(22-5-2)25(3)12-9-18-10-13-27-14-11-18/h6-8,15,18H,4-5,9-14,16H2,1-3H3,(H,22,23)(H,24,26). The zero-order valence-electron chi connectivity index (χ0n) is 17.0. The van der Waals surface area contributed by atoms with Crippen molar-refractivity contribution in [3.8, 4) is 0 Å². The van der Waals surface area contributed by atoms with Crippen LogP contribution in [0.2, 0.25) is 0 Å². The predicted molar refractivity (Wildman–Crippen MR) is 111 cm³/mol. The van der Waals surface area contributed by atoms with Crippen LogP contribution in [0.15, 0.2) is 29.3 Å². The van der Waals surface area contributed by atoms with Crippen molar-refractivity contribution in [3.05, 3.63) is 29.8 Å². The van der Waals surface area contributed by atoms with Crippen LogP contribution in [0.1, 0.15) is 38.7 Å². The molecule has 1 saturated heterocycles. The minimum Gasteiger partial charge on any atom is -0.381 e. The van der Waals surface area contributed by atoms with Gasteiger partial charge in [-0.15, -0.1) is 0 Å². The molecule has 0 saturated carbocycles. The van der Waals surface area contributed by atoms with Crippen LogP contribution in [0.5, 0.6) is 0 Å². The molecule has 1 amide bonds. The highest BCUT2D eigenvalue weighted by Crippen LogP contribution is 2.18. The molecule has 0 aliphatic carbocycles. The summed E-state index contributed by atoms with van der Waals surface area (Å²) in [6.45, 7) is 7.71. The molecule has 1 heterocycles. The first-order chi connectivity index (χ1) is 13.1. The summed E-state index contributed by atoms with van der Waals surface area (Å²) in [7, 11) is 2.03. The Labute approximate surface area is 163 Å². The summed E-state index contributed by atoms with van der Waals surface area (Å²) >= 11 is 0. The number of rotatable bonds is 8. The number of nitrogens with one attached hydrogen (secondary N) is 2. The largest absolute Gasteiger partial charge is 0.381 e. The zero-order chi connectivity index (χ0) is 19.5. The fraction of sp³-hybridized carbons (Fsp3) is 0.619. The average Bonchev–Trinajstić information content (AvgIpc) is 2.70. The second-order valence-electron chi connectivity index (χ2n) is 7.04. The molecule has 1 aromatic rings. The number of carbonyl (C=O) groups excluding carboxylic acids is 1. The molecule has 1 fully saturated rings. The van der Waals surface area contributed by atoms with Gasteiger partial charge in [-0.05, 0) is 56.2 Å². The van der Waals surface area contributed by atoms with Crippen molar-refractivity contribution in [3.63, 3.8) is 0 Å². The number of ether oxygens (including phenoxy) is 1. The molecule has 27 heavy (non-hydrogen) atoms. The number of guanidine groups is 1. The number of carbonyl (C=O) groups is 1. The van der Waals surface area contributed by atoms with Gasteiger partial charge in [0.1, 0.15) is 6.54 Å². The summed E-state index contributed by atoms with van der Waals surface area (Å²) in [6.07, 6.45) is 4.35. The van der Waals surface area contributed by atoms with Crippen LogP contribution in [0.4, 0.5) is 5.69 Å². The second-order valence-corrected chi connectivity index (χ2v) is 7.04. The maximum Gasteiger partial charge on any atom is 0.246 e. The fourth-order valence-electron chi connectivity index (χ4n) is 3.20. The third-order valence-corrected chi connectivity index (χ3v) is 4.90. The summed E-state index contributed by atoms with van der Waals surface area (Å²) in [5.74, 6) is 1.40. The number of aliphatic imine (C=N–C) groups is 1. The average molecular weight is 375 g/mol. The lowest BCUT2D eigenvalue weighted by atomic mass is 9.96. The molecule has 0 aromatic heterocycles. The number of hydrogen-bond acceptors (Lipinski definition) is 3. The van der Waals surface area contributed by atoms with E-state index in [-0.39, 0.29) is 12.5 Å². The third kappa shape index (κ3) is 7.59. The third-order valence-electron chi connectivity index (χ3n) is 4.90. The van der Waals surface area contributed by atoms with Gasteiger partial charge in [0.15, 0.2) is 5.96 Å². The highest BCUT2D eigenvalue weighted by Gasteiger charge is 2.15. The number of aryl methyl sites for hydroxylation is 1. The highest BCUT2D eigenvalue weighted by molar-refractivity contribution is 5.94. The molecule has 2 N–H and O–H groups in total. The van der Waals surface area contributed by atoms with Gasteiger partial charge in [-0.25, -0.2) is 4.99 Å². The summed E-state index contributed by atoms with van der Waals surface area (Å²) in [6, 6.07) is 7.94. The van der Waals surface area contributed by atoms with Gasteiger partial charge in [0.2, 0.25) is 5.91 Å². The summed E-state index contributed by atoms with van der Waals surface area (Å²) in [4.78, 5) is 18.9. The molecule has 6 heteroatoms. The Kier molecular flexibility index (Phi) is 9.11. The van der Waals surface area contributed by atoms with E-state index in [4.69, 9.17) is 4.74 Å². The molecular weight excluding hydrogens is 340 g/mol. The number of benzene rings is 1. The van der Waals surface area contributed by atoms with E-state index in [1.807, 2.05) is 32.2 Å². The van der Waals surface area contributed by atoms with Crippen molar-refractivity contribution in [2.45, 2.75) is 39.5 Å². The van der Waals surface area contributed by atoms with E-state index in [0.29, 0.717) is 0 Å². The van der Waals surface area contributed by atoms with Crippen molar-refractivity contribution in [2.75, 3.05) is 45.2 Å². The molecule has 0 spiro atoms. The lowest BCUT2D eigenvalue weighted by Gasteiger charge is -2.26. The molecule has 2 rings (SSSR count). The normalized spacial score (nSPS) is 15.4. The van der Waals surface area contributed by atoms with Crippen LogP contribution in [0.3, 0.4) is 0 Å². The summed E-state index contributed by atoms with van der Waals surface area (Å²) in [5.41, 5.74) is 2.03. The van der Waals surface area contributed by atoms with Gasteiger partial charge in [-0.3, -0.25) is 4.79 Å². The zero-order valence-corrected chi connectivity index (χ0v) is 17.0. The van der Waals surface area contributed by atoms with Gasteiger partial charge in [-0.2, -0.15) is 0 Å². The predicted octanol–water partition coefficient (Wildman–Crippen LogP) is 2.90. The molecule has 0 radical (unpaired) electrons. The van der Waals surface area contributed by atoms with E-state index < -0.39 is 0 Å². The van der Waals surface area contributed by atoms with Crippen molar-refractivity contribution >= 4 is 17.6 Å². The van der Waals surface area contributed by atoms with Crippen LogP contribution in [-0.2, 0) is 16.0 Å². The fourth-order valence-corrected chi connectivity index (χ4v) is 3.20. The molecule has 6 nitrogen and oxygen atoms in total. The maximum absolute atomic E-state index is 12.3. The quantitative estimate of drug-likeness (QED) is 0.542. The van der Waals surface area contributed by atoms with Crippen LogP contribution in [0.25, 0.3) is 0 Å². The lowest BCUT2D eigenvalue weighted by Crippen LogP contribution is -2.40. The molecule has 0 unspecified atom stereocenters. The van der Waals surface area contributed by atoms with Crippen LogP contribution >= 0.6 is 0 Å². The van der Waals surface area contributed by atoms with Crippen molar-refractivity contribution in [1.82, 2.24) is 10.2 Å². The SMILES string of the molecule is CCNC(=NCC(=O)Nc1cccc(CC)c1)N(C)CCC1CCOCC1. The highest BCUT2D eigenvalue weighted by atomic mass is 16.5. The Hall–Kier alpha value is -2.08. The molecular formula is C21H34N4O2. The van der Waals surface area contributed by atoms with Gasteiger partial charge >= 0.3 is 0 Å². The number of anilines is 1. The van der Waals surface area contributed by atoms with Gasteiger partial charge in [-0.1, -0.05) is 19.1 Å². The van der Waals surface area contributed by atoms with Gasteiger partial charge in [0.25, 0.3) is 0 Å². The molecule has 1 aliphatic heterocycles. The van der Waals surface area contributed by atoms with Gasteiger partial charge in [0, 0.05) is 39.0 Å². The van der Waals surface area contributed by atoms with E-state index in [1.54, 1.807) is 0 Å². The van der Waals surface area contributed by atoms with E-state index in [9.17, 15) is 4.79 Å². The molecule has 150 valence electrons. The van der Waals surface area contributed by atoms with Gasteiger partial charge < -0.3 is 20.3 Å². The monoisotopic (exact) mass is 374 g/mol. The first kappa shape index (κ1) is 21.2. The lowest BCUT2D eigenvalue weighted by molar-refractivity contribution is -0.114. The van der Waals surface area contributed by atoms with Crippen LogP contribution in [-0.4, -0.2) is 56.7 Å². The van der Waals surface area contributed by atoms with Crippen molar-refractivity contribution in [1.29, 1.82) is 0 Å². The van der Waals surface area contributed by atoms with E-state index >= 15 is 0 Å². The number of amides is 1. The molecule has 1 aromatic carbocycles. The van der Waals surface area contributed by atoms with Crippen LogP contribution < -0.4 is 10.6 Å². The summed E-state index contributed by atoms with van der Waals surface area (Å²) in [5, 5.41) is 6.21. The van der Waals surface area contributed by atoms with E-state index in [1.165, 1.54) is 5.56 Å². The Bertz CT molecular complexity index is 612. The minimum absolute atomic E-state index is 0.100. The molecule has 0 atom stereocenters. The number of nitrogens with zero attached hydrogens (tertiary/aromatic N) is 2.